The van der Waals surface area contributed by atoms with Gasteiger partial charge in [0.1, 0.15) is 5.75 Å². The van der Waals surface area contributed by atoms with Crippen LogP contribution in [-0.4, -0.2) is 33.6 Å². The molecule has 6 aliphatic rings. The molecule has 2 saturated heterocycles. The van der Waals surface area contributed by atoms with E-state index in [1.165, 1.54) is 44.1 Å². The van der Waals surface area contributed by atoms with E-state index < -0.39 is 5.54 Å². The van der Waals surface area contributed by atoms with Crippen molar-refractivity contribution < 1.29 is 14.9 Å². The molecule has 39 heavy (non-hydrogen) atoms. The lowest BCUT2D eigenvalue weighted by atomic mass is 9.47. The lowest BCUT2D eigenvalue weighted by molar-refractivity contribution is -0.309. The molecule has 4 heteroatoms. The highest BCUT2D eigenvalue weighted by Crippen LogP contribution is 2.65. The maximum Gasteiger partial charge on any atom is 0.115 e. The van der Waals surface area contributed by atoms with Gasteiger partial charge in [0, 0.05) is 24.5 Å². The number of fused-ring (bicyclic) bond motifs is 5. The summed E-state index contributed by atoms with van der Waals surface area (Å²) in [4.78, 5) is 0. The van der Waals surface area contributed by atoms with Gasteiger partial charge in [0.2, 0.25) is 0 Å². The Bertz CT molecular complexity index is 1150. The number of hydrogen-bond acceptors (Lipinski definition) is 4. The number of aliphatic hydroxyl groups is 1. The summed E-state index contributed by atoms with van der Waals surface area (Å²) in [5.41, 5.74) is 9.08. The highest BCUT2D eigenvalue weighted by molar-refractivity contribution is 5.39. The van der Waals surface area contributed by atoms with Crippen LogP contribution in [0.4, 0.5) is 0 Å². The smallest absolute Gasteiger partial charge is 0.115 e. The van der Waals surface area contributed by atoms with Gasteiger partial charge in [-0.1, -0.05) is 31.8 Å². The van der Waals surface area contributed by atoms with Crippen molar-refractivity contribution in [2.45, 2.75) is 121 Å². The minimum Gasteiger partial charge on any atom is -0.508 e. The van der Waals surface area contributed by atoms with Gasteiger partial charge < -0.3 is 20.7 Å². The van der Waals surface area contributed by atoms with Crippen molar-refractivity contribution in [3.8, 4) is 17.6 Å². The van der Waals surface area contributed by atoms with E-state index in [0.29, 0.717) is 35.8 Å². The van der Waals surface area contributed by atoms with E-state index in [-0.39, 0.29) is 29.6 Å². The average Bonchev–Trinajstić information content (AvgIpc) is 3.21. The van der Waals surface area contributed by atoms with E-state index in [4.69, 9.17) is 10.5 Å². The summed E-state index contributed by atoms with van der Waals surface area (Å²) < 4.78 is 7.35. The van der Waals surface area contributed by atoms with E-state index in [1.807, 2.05) is 12.1 Å². The largest absolute Gasteiger partial charge is 0.508 e. The number of phenols is 1. The molecule has 0 amide bonds. The standard InChI is InChI=1S/C35H51NO3/c1-23(2)16-24-10-12-33(20-24)21-25-17-27-8-9-29(38)19-26(27)6-5-7-31-34(36,14-15-37)30-11-13-35(31,28(18-25)22-33)39-32(30,3)4/h8-9,19,23-25,28,30-31,37-38H,6,10-18,20-22,36H2,1-4H3. The fraction of sp³-hybridized carbons (Fsp3) is 0.771. The summed E-state index contributed by atoms with van der Waals surface area (Å²) in [6.45, 7) is 9.33. The first-order chi connectivity index (χ1) is 18.5. The molecule has 1 aromatic rings. The highest BCUT2D eigenvalue weighted by Gasteiger charge is 2.69. The molecule has 2 spiro atoms. The van der Waals surface area contributed by atoms with Gasteiger partial charge in [0.05, 0.1) is 17.1 Å². The highest BCUT2D eigenvalue weighted by atomic mass is 16.5. The minimum atomic E-state index is -0.562. The van der Waals surface area contributed by atoms with Gasteiger partial charge >= 0.3 is 0 Å². The molecule has 8 atom stereocenters. The first-order valence-electron chi connectivity index (χ1n) is 15.9. The van der Waals surface area contributed by atoms with Crippen LogP contribution in [0.1, 0.15) is 103 Å². The Balaban J connectivity index is 1.47. The van der Waals surface area contributed by atoms with Crippen molar-refractivity contribution in [3.63, 3.8) is 0 Å². The van der Waals surface area contributed by atoms with Gasteiger partial charge in [0.25, 0.3) is 0 Å². The zero-order valence-corrected chi connectivity index (χ0v) is 24.8. The second kappa shape index (κ2) is 9.78. The van der Waals surface area contributed by atoms with Crippen LogP contribution in [0.3, 0.4) is 0 Å². The number of hydrogen-bond donors (Lipinski definition) is 3. The molecule has 0 radical (unpaired) electrons. The molecule has 8 unspecified atom stereocenters. The number of phenolic OH excluding ortho intramolecular Hbond substituents is 1. The number of benzene rings is 1. The summed E-state index contributed by atoms with van der Waals surface area (Å²) in [6.07, 6.45) is 13.4. The Morgan fingerprint density at radius 1 is 1.10 bits per heavy atom. The van der Waals surface area contributed by atoms with E-state index in [1.54, 1.807) is 0 Å². The predicted molar refractivity (Wildman–Crippen MR) is 156 cm³/mol. The second-order valence-electron chi connectivity index (χ2n) is 15.4. The Hall–Kier alpha value is -1.54. The van der Waals surface area contributed by atoms with Crippen molar-refractivity contribution in [1.29, 1.82) is 0 Å². The van der Waals surface area contributed by atoms with Crippen molar-refractivity contribution in [2.24, 2.45) is 46.7 Å². The third-order valence-corrected chi connectivity index (χ3v) is 11.9. The third-order valence-electron chi connectivity index (χ3n) is 11.9. The van der Waals surface area contributed by atoms with Gasteiger partial charge in [-0.2, -0.15) is 0 Å². The van der Waals surface area contributed by atoms with Gasteiger partial charge in [-0.25, -0.2) is 0 Å². The molecular weight excluding hydrogens is 482 g/mol. The third kappa shape index (κ3) is 4.65. The molecule has 1 aromatic carbocycles. The predicted octanol–water partition coefficient (Wildman–Crippen LogP) is 6.40. The van der Waals surface area contributed by atoms with Crippen LogP contribution in [-0.2, 0) is 17.6 Å². The number of ether oxygens (including phenoxy) is 1. The topological polar surface area (TPSA) is 75.7 Å². The van der Waals surface area contributed by atoms with Crippen LogP contribution < -0.4 is 5.73 Å². The summed E-state index contributed by atoms with van der Waals surface area (Å²) in [7, 11) is 0. The van der Waals surface area contributed by atoms with Crippen LogP contribution in [0, 0.1) is 52.8 Å². The first kappa shape index (κ1) is 27.6. The SMILES string of the molecule is CC(C)CC1CCC2(C1)CC1Cc3ccc(O)cc3CC#CC3C(N)(CCO)C4CCC3(OC4(C)C)C(C1)C2. The lowest BCUT2D eigenvalue weighted by Crippen LogP contribution is -2.77. The molecule has 214 valence electrons. The molecule has 4 N–H and O–H groups in total. The van der Waals surface area contributed by atoms with Crippen LogP contribution >= 0.6 is 0 Å². The van der Waals surface area contributed by atoms with E-state index in [0.717, 1.165) is 43.1 Å². The monoisotopic (exact) mass is 533 g/mol. The van der Waals surface area contributed by atoms with Crippen molar-refractivity contribution in [2.75, 3.05) is 6.61 Å². The lowest BCUT2D eigenvalue weighted by Gasteiger charge is -2.68. The number of rotatable bonds is 4. The van der Waals surface area contributed by atoms with Gasteiger partial charge in [-0.05, 0) is 137 Å². The van der Waals surface area contributed by atoms with Crippen LogP contribution in [0.5, 0.6) is 5.75 Å². The molecule has 4 aliphatic carbocycles. The number of aromatic hydroxyl groups is 1. The maximum absolute atomic E-state index is 10.3. The van der Waals surface area contributed by atoms with E-state index in [2.05, 4.69) is 45.6 Å². The van der Waals surface area contributed by atoms with E-state index >= 15 is 0 Å². The fourth-order valence-electron chi connectivity index (χ4n) is 10.8. The van der Waals surface area contributed by atoms with Crippen molar-refractivity contribution >= 4 is 0 Å². The maximum atomic E-state index is 10.3. The quantitative estimate of drug-likeness (QED) is 0.392. The Morgan fingerprint density at radius 3 is 2.67 bits per heavy atom. The molecule has 2 aliphatic heterocycles. The molecule has 3 saturated carbocycles. The van der Waals surface area contributed by atoms with Gasteiger partial charge in [-0.3, -0.25) is 0 Å². The molecule has 2 heterocycles. The van der Waals surface area contributed by atoms with Crippen LogP contribution in [0.25, 0.3) is 0 Å². The van der Waals surface area contributed by atoms with Gasteiger partial charge in [0.15, 0.2) is 0 Å². The second-order valence-corrected chi connectivity index (χ2v) is 15.4. The van der Waals surface area contributed by atoms with Crippen LogP contribution in [0.15, 0.2) is 18.2 Å². The Labute approximate surface area is 236 Å². The summed E-state index contributed by atoms with van der Waals surface area (Å²) >= 11 is 0. The summed E-state index contributed by atoms with van der Waals surface area (Å²) in [5.74, 6) is 10.3. The fourth-order valence-corrected chi connectivity index (χ4v) is 10.8. The Morgan fingerprint density at radius 2 is 1.92 bits per heavy atom. The van der Waals surface area contributed by atoms with E-state index in [9.17, 15) is 10.2 Å². The molecular formula is C35H51NO3. The van der Waals surface area contributed by atoms with Gasteiger partial charge in [-0.15, -0.1) is 0 Å². The minimum absolute atomic E-state index is 0.0855. The number of nitrogens with two attached hydrogens (primary N) is 1. The van der Waals surface area contributed by atoms with Crippen molar-refractivity contribution in [1.82, 2.24) is 0 Å². The zero-order chi connectivity index (χ0) is 27.6. The Kier molecular flexibility index (Phi) is 6.93. The first-order valence-corrected chi connectivity index (χ1v) is 15.9. The normalized spacial score (nSPS) is 42.4. The molecule has 4 bridgehead atoms. The molecule has 5 fully saturated rings. The zero-order valence-electron chi connectivity index (χ0n) is 24.8. The van der Waals surface area contributed by atoms with Crippen LogP contribution in [0.2, 0.25) is 0 Å². The van der Waals surface area contributed by atoms with Crippen molar-refractivity contribution in [3.05, 3.63) is 29.3 Å². The average molecular weight is 534 g/mol. The molecule has 0 aromatic heterocycles. The summed E-state index contributed by atoms with van der Waals surface area (Å²) in [6, 6.07) is 5.93. The molecule has 4 nitrogen and oxygen atoms in total. The summed E-state index contributed by atoms with van der Waals surface area (Å²) in [5, 5.41) is 20.6. The molecule has 7 rings (SSSR count). The number of aliphatic hydroxyl groups excluding tert-OH is 1.